The first kappa shape index (κ1) is 20.3. The number of primary amides is 1. The Bertz CT molecular complexity index is 896. The number of nitrogens with zero attached hydrogens (tertiary/aromatic N) is 3. The van der Waals surface area contributed by atoms with E-state index in [9.17, 15) is 13.6 Å². The molecule has 9 heteroatoms. The molecule has 1 fully saturated rings. The van der Waals surface area contributed by atoms with Crippen LogP contribution in [0.2, 0.25) is 5.15 Å². The molecule has 3 rings (SSSR count). The Labute approximate surface area is 167 Å². The summed E-state index contributed by atoms with van der Waals surface area (Å²) in [7, 11) is 0. The van der Waals surface area contributed by atoms with E-state index in [0.29, 0.717) is 30.9 Å². The summed E-state index contributed by atoms with van der Waals surface area (Å²) in [4.78, 5) is 22.1. The van der Waals surface area contributed by atoms with Crippen LogP contribution in [0.3, 0.4) is 0 Å². The van der Waals surface area contributed by atoms with E-state index in [1.54, 1.807) is 6.07 Å². The molecule has 2 heterocycles. The minimum absolute atomic E-state index is 0.0150. The Morgan fingerprint density at radius 3 is 2.57 bits per heavy atom. The van der Waals surface area contributed by atoms with Gasteiger partial charge in [-0.1, -0.05) is 18.5 Å². The molecule has 1 aromatic carbocycles. The number of carbonyl (C=O) groups excluding carboxylic acids is 1. The Hall–Kier alpha value is -2.48. The van der Waals surface area contributed by atoms with E-state index < -0.39 is 11.8 Å². The van der Waals surface area contributed by atoms with Gasteiger partial charge in [-0.3, -0.25) is 4.79 Å². The van der Waals surface area contributed by atoms with Gasteiger partial charge in [-0.15, -0.1) is 0 Å². The van der Waals surface area contributed by atoms with E-state index in [2.05, 4.69) is 15.3 Å². The minimum atomic E-state index is -2.58. The van der Waals surface area contributed by atoms with Crippen molar-refractivity contribution in [1.29, 1.82) is 0 Å². The zero-order chi connectivity index (χ0) is 20.5. The van der Waals surface area contributed by atoms with Crippen molar-refractivity contribution >= 4 is 34.7 Å². The number of rotatable bonds is 5. The predicted molar refractivity (Wildman–Crippen MR) is 106 cm³/mol. The van der Waals surface area contributed by atoms with Crippen LogP contribution in [-0.2, 0) is 6.42 Å². The molecular weight excluding hydrogens is 388 g/mol. The Balaban J connectivity index is 1.84. The molecule has 1 aliphatic heterocycles. The lowest BCUT2D eigenvalue weighted by atomic mass is 10.0. The predicted octanol–water partition coefficient (Wildman–Crippen LogP) is 4.08. The molecular formula is C19H22ClF2N5O. The number of benzene rings is 1. The van der Waals surface area contributed by atoms with Crippen molar-refractivity contribution in [1.82, 2.24) is 9.97 Å². The summed E-state index contributed by atoms with van der Waals surface area (Å²) in [6.45, 7) is 4.38. The second-order valence-electron chi connectivity index (χ2n) is 6.85. The zero-order valence-corrected chi connectivity index (χ0v) is 16.5. The van der Waals surface area contributed by atoms with Gasteiger partial charge in [-0.05, 0) is 37.1 Å². The van der Waals surface area contributed by atoms with Crippen LogP contribution in [0.15, 0.2) is 18.2 Å². The van der Waals surface area contributed by atoms with Crippen molar-refractivity contribution < 1.29 is 13.6 Å². The fourth-order valence-corrected chi connectivity index (χ4v) is 3.49. The summed E-state index contributed by atoms with van der Waals surface area (Å²) < 4.78 is 26.8. The average Bonchev–Trinajstić information content (AvgIpc) is 2.62. The van der Waals surface area contributed by atoms with E-state index in [-0.39, 0.29) is 29.5 Å². The normalized spacial score (nSPS) is 16.1. The van der Waals surface area contributed by atoms with Crippen LogP contribution in [0.5, 0.6) is 0 Å². The quantitative estimate of drug-likeness (QED) is 0.777. The number of alkyl halides is 2. The molecule has 28 heavy (non-hydrogen) atoms. The first-order chi connectivity index (χ1) is 13.2. The van der Waals surface area contributed by atoms with Crippen LogP contribution in [0.1, 0.15) is 41.5 Å². The van der Waals surface area contributed by atoms with Crippen molar-refractivity contribution in [3.8, 4) is 0 Å². The van der Waals surface area contributed by atoms with Crippen LogP contribution in [-0.4, -0.2) is 34.9 Å². The number of amides is 1. The van der Waals surface area contributed by atoms with Crippen molar-refractivity contribution in [2.75, 3.05) is 23.3 Å². The molecule has 2 aromatic rings. The van der Waals surface area contributed by atoms with E-state index >= 15 is 0 Å². The van der Waals surface area contributed by atoms with Gasteiger partial charge < -0.3 is 16.0 Å². The summed E-state index contributed by atoms with van der Waals surface area (Å²) in [5.74, 6) is -3.11. The highest BCUT2D eigenvalue weighted by atomic mass is 35.5. The highest BCUT2D eigenvalue weighted by Crippen LogP contribution is 2.33. The van der Waals surface area contributed by atoms with Crippen LogP contribution < -0.4 is 16.0 Å². The lowest BCUT2D eigenvalue weighted by molar-refractivity contribution is -0.0220. The third kappa shape index (κ3) is 4.32. The fourth-order valence-electron chi connectivity index (χ4n) is 3.23. The second kappa shape index (κ2) is 7.87. The van der Waals surface area contributed by atoms with Gasteiger partial charge in [-0.2, -0.15) is 0 Å². The van der Waals surface area contributed by atoms with Gasteiger partial charge in [0.25, 0.3) is 11.8 Å². The molecule has 1 aromatic heterocycles. The van der Waals surface area contributed by atoms with E-state index in [0.717, 1.165) is 11.3 Å². The molecule has 0 aliphatic carbocycles. The summed E-state index contributed by atoms with van der Waals surface area (Å²) in [6.07, 6.45) is 0.230. The molecule has 0 bridgehead atoms. The monoisotopic (exact) mass is 409 g/mol. The van der Waals surface area contributed by atoms with Crippen LogP contribution >= 0.6 is 11.6 Å². The SMILES string of the molecule is CCc1nc(C(N)=O)c(Nc2ccc(N3CCC(F)(F)CC3)c(C)c2)nc1Cl. The number of halogens is 3. The third-order valence-electron chi connectivity index (χ3n) is 4.78. The standard InChI is InChI=1S/C19H22ClF2N5O/c1-3-13-16(20)26-18(15(25-13)17(23)28)24-12-4-5-14(11(2)10-12)27-8-6-19(21,22)7-9-27/h4-5,10H,3,6-9H2,1-2H3,(H2,23,28)(H,24,26). The highest BCUT2D eigenvalue weighted by molar-refractivity contribution is 6.30. The van der Waals surface area contributed by atoms with E-state index in [4.69, 9.17) is 17.3 Å². The van der Waals surface area contributed by atoms with Gasteiger partial charge in [0.05, 0.1) is 5.69 Å². The molecule has 0 saturated carbocycles. The third-order valence-corrected chi connectivity index (χ3v) is 5.09. The van der Waals surface area contributed by atoms with Gasteiger partial charge in [0.15, 0.2) is 16.7 Å². The van der Waals surface area contributed by atoms with Crippen LogP contribution in [0, 0.1) is 6.92 Å². The molecule has 1 amide bonds. The maximum atomic E-state index is 13.4. The number of nitrogens with two attached hydrogens (primary N) is 1. The van der Waals surface area contributed by atoms with Gasteiger partial charge in [0, 0.05) is 37.3 Å². The van der Waals surface area contributed by atoms with E-state index in [1.807, 2.05) is 30.9 Å². The Morgan fingerprint density at radius 1 is 1.32 bits per heavy atom. The summed E-state index contributed by atoms with van der Waals surface area (Å²) in [6, 6.07) is 5.51. The number of hydrogen-bond acceptors (Lipinski definition) is 5. The number of hydrogen-bond donors (Lipinski definition) is 2. The summed E-state index contributed by atoms with van der Waals surface area (Å²) in [5, 5.41) is 3.24. The fraction of sp³-hybridized carbons (Fsp3) is 0.421. The molecule has 3 N–H and O–H groups in total. The van der Waals surface area contributed by atoms with Crippen LogP contribution in [0.4, 0.5) is 26.0 Å². The van der Waals surface area contributed by atoms with Crippen LogP contribution in [0.25, 0.3) is 0 Å². The smallest absolute Gasteiger partial charge is 0.271 e. The molecule has 1 aliphatic rings. The first-order valence-corrected chi connectivity index (χ1v) is 9.44. The number of nitrogens with one attached hydrogen (secondary N) is 1. The summed E-state index contributed by atoms with van der Waals surface area (Å²) in [5.41, 5.74) is 8.42. The molecule has 0 spiro atoms. The van der Waals surface area contributed by atoms with Gasteiger partial charge in [0.2, 0.25) is 0 Å². The average molecular weight is 410 g/mol. The molecule has 0 atom stereocenters. The lowest BCUT2D eigenvalue weighted by Gasteiger charge is -2.34. The molecule has 1 saturated heterocycles. The molecule has 6 nitrogen and oxygen atoms in total. The van der Waals surface area contributed by atoms with Gasteiger partial charge >= 0.3 is 0 Å². The molecule has 0 radical (unpaired) electrons. The molecule has 0 unspecified atom stereocenters. The highest BCUT2D eigenvalue weighted by Gasteiger charge is 2.34. The number of piperidine rings is 1. The Morgan fingerprint density at radius 2 is 2.00 bits per heavy atom. The molecule has 150 valence electrons. The van der Waals surface area contributed by atoms with E-state index in [1.165, 1.54) is 0 Å². The van der Waals surface area contributed by atoms with Gasteiger partial charge in [-0.25, -0.2) is 18.7 Å². The lowest BCUT2D eigenvalue weighted by Crippen LogP contribution is -2.39. The van der Waals surface area contributed by atoms with Crippen molar-refractivity contribution in [2.24, 2.45) is 5.73 Å². The number of carbonyl (C=O) groups is 1. The minimum Gasteiger partial charge on any atom is -0.371 e. The van der Waals surface area contributed by atoms with Gasteiger partial charge in [0.1, 0.15) is 0 Å². The topological polar surface area (TPSA) is 84.1 Å². The van der Waals surface area contributed by atoms with Crippen molar-refractivity contribution in [3.05, 3.63) is 40.3 Å². The first-order valence-electron chi connectivity index (χ1n) is 9.07. The number of aryl methyl sites for hydroxylation is 2. The largest absolute Gasteiger partial charge is 0.371 e. The van der Waals surface area contributed by atoms with Crippen molar-refractivity contribution in [2.45, 2.75) is 39.0 Å². The maximum Gasteiger partial charge on any atom is 0.271 e. The Kier molecular flexibility index (Phi) is 5.69. The number of aromatic nitrogens is 2. The maximum absolute atomic E-state index is 13.4. The van der Waals surface area contributed by atoms with Crippen molar-refractivity contribution in [3.63, 3.8) is 0 Å². The number of anilines is 3. The summed E-state index contributed by atoms with van der Waals surface area (Å²) >= 11 is 6.12. The second-order valence-corrected chi connectivity index (χ2v) is 7.20. The zero-order valence-electron chi connectivity index (χ0n) is 15.7.